The van der Waals surface area contributed by atoms with Gasteiger partial charge in [0.05, 0.1) is 18.8 Å². The maximum Gasteiger partial charge on any atom is 0.220 e. The van der Waals surface area contributed by atoms with Crippen molar-refractivity contribution in [1.29, 1.82) is 0 Å². The Morgan fingerprint density at radius 2 is 0.513 bits per heavy atom. The van der Waals surface area contributed by atoms with Crippen molar-refractivity contribution >= 4 is 5.91 Å². The number of carbonyl (C=O) groups is 1. The lowest BCUT2D eigenvalue weighted by Crippen LogP contribution is -2.45. The standard InChI is InChI=1S/C72H139NO3/c1-3-5-7-9-11-13-15-17-19-21-23-25-27-29-31-33-35-36-38-40-42-44-46-48-50-52-54-56-58-60-62-64-66-68-72(76)73-70(69-74)71(75)67-65-63-61-59-57-55-53-51-49-47-45-43-41-39-37-34-32-30-28-26-24-22-20-18-16-14-12-10-8-6-4-2/h21,23,57,59,65,67,70-71,74-75H,3-20,22,24-56,58,60-64,66,68-69H2,1-2H3,(H,73,76)/b23-21-,59-57+,67-65+. The summed E-state index contributed by atoms with van der Waals surface area (Å²) in [6.45, 7) is 4.35. The fourth-order valence-corrected chi connectivity index (χ4v) is 11.3. The highest BCUT2D eigenvalue weighted by Crippen LogP contribution is 2.19. The number of allylic oxidation sites excluding steroid dienone is 5. The molecule has 0 saturated heterocycles. The van der Waals surface area contributed by atoms with Crippen LogP contribution in [0.1, 0.15) is 399 Å². The first-order valence-corrected chi connectivity index (χ1v) is 35.2. The fraction of sp³-hybridized carbons (Fsp3) is 0.903. The Morgan fingerprint density at radius 1 is 0.303 bits per heavy atom. The number of hydrogen-bond acceptors (Lipinski definition) is 3. The Hall–Kier alpha value is -1.39. The minimum Gasteiger partial charge on any atom is -0.394 e. The monoisotopic (exact) mass is 1070 g/mol. The number of aliphatic hydroxyl groups excluding tert-OH is 2. The molecule has 76 heavy (non-hydrogen) atoms. The molecule has 0 saturated carbocycles. The van der Waals surface area contributed by atoms with Gasteiger partial charge in [-0.2, -0.15) is 0 Å². The molecule has 0 aromatic heterocycles. The van der Waals surface area contributed by atoms with Crippen molar-refractivity contribution in [2.75, 3.05) is 6.61 Å². The number of amides is 1. The van der Waals surface area contributed by atoms with Gasteiger partial charge in [0.2, 0.25) is 5.91 Å². The normalized spacial score (nSPS) is 12.8. The molecule has 0 fully saturated rings. The smallest absolute Gasteiger partial charge is 0.220 e. The van der Waals surface area contributed by atoms with Crippen molar-refractivity contribution in [1.82, 2.24) is 5.32 Å². The maximum atomic E-state index is 12.5. The van der Waals surface area contributed by atoms with E-state index >= 15 is 0 Å². The molecule has 2 atom stereocenters. The van der Waals surface area contributed by atoms with Gasteiger partial charge >= 0.3 is 0 Å². The van der Waals surface area contributed by atoms with E-state index in [9.17, 15) is 15.0 Å². The Balaban J connectivity index is 3.44. The second kappa shape index (κ2) is 67.9. The van der Waals surface area contributed by atoms with Crippen LogP contribution >= 0.6 is 0 Å². The van der Waals surface area contributed by atoms with Gasteiger partial charge in [-0.15, -0.1) is 0 Å². The minimum absolute atomic E-state index is 0.0654. The van der Waals surface area contributed by atoms with Crippen LogP contribution in [0.2, 0.25) is 0 Å². The molecule has 0 aliphatic rings. The quantitative estimate of drug-likeness (QED) is 0.0420. The third kappa shape index (κ3) is 63.4. The highest BCUT2D eigenvalue weighted by atomic mass is 16.3. The predicted molar refractivity (Wildman–Crippen MR) is 341 cm³/mol. The zero-order chi connectivity index (χ0) is 54.8. The van der Waals surface area contributed by atoms with Gasteiger partial charge in [-0.3, -0.25) is 4.79 Å². The molecule has 0 bridgehead atoms. The topological polar surface area (TPSA) is 69.6 Å². The maximum absolute atomic E-state index is 12.5. The summed E-state index contributed by atoms with van der Waals surface area (Å²) in [7, 11) is 0. The molecule has 0 heterocycles. The lowest BCUT2D eigenvalue weighted by Gasteiger charge is -2.19. The third-order valence-corrected chi connectivity index (χ3v) is 16.6. The second-order valence-corrected chi connectivity index (χ2v) is 24.3. The molecule has 0 rings (SSSR count). The van der Waals surface area contributed by atoms with Crippen molar-refractivity contribution < 1.29 is 15.0 Å². The van der Waals surface area contributed by atoms with E-state index in [0.29, 0.717) is 6.42 Å². The van der Waals surface area contributed by atoms with Crippen LogP contribution in [-0.2, 0) is 4.79 Å². The summed E-state index contributed by atoms with van der Waals surface area (Å²) in [5.74, 6) is -0.0654. The van der Waals surface area contributed by atoms with Crippen molar-refractivity contribution in [2.24, 2.45) is 0 Å². The number of aliphatic hydroxyl groups is 2. The Bertz CT molecular complexity index is 1160. The van der Waals surface area contributed by atoms with Crippen LogP contribution in [0.4, 0.5) is 0 Å². The molecule has 2 unspecified atom stereocenters. The lowest BCUT2D eigenvalue weighted by molar-refractivity contribution is -0.123. The van der Waals surface area contributed by atoms with Gasteiger partial charge in [0, 0.05) is 6.42 Å². The van der Waals surface area contributed by atoms with Gasteiger partial charge in [0.25, 0.3) is 0 Å². The molecule has 1 amide bonds. The summed E-state index contributed by atoms with van der Waals surface area (Å²) < 4.78 is 0. The highest BCUT2D eigenvalue weighted by Gasteiger charge is 2.18. The van der Waals surface area contributed by atoms with Crippen molar-refractivity contribution in [2.45, 2.75) is 411 Å². The van der Waals surface area contributed by atoms with Crippen LogP contribution in [0.3, 0.4) is 0 Å². The number of rotatable bonds is 66. The third-order valence-electron chi connectivity index (χ3n) is 16.6. The highest BCUT2D eigenvalue weighted by molar-refractivity contribution is 5.76. The predicted octanol–water partition coefficient (Wildman–Crippen LogP) is 23.9. The van der Waals surface area contributed by atoms with Gasteiger partial charge < -0.3 is 15.5 Å². The first kappa shape index (κ1) is 74.6. The Kier molecular flexibility index (Phi) is 66.6. The molecule has 0 aliphatic heterocycles. The summed E-state index contributed by atoms with van der Waals surface area (Å²) in [6.07, 6.45) is 93.9. The van der Waals surface area contributed by atoms with E-state index in [2.05, 4.69) is 43.5 Å². The molecule has 4 heteroatoms. The van der Waals surface area contributed by atoms with Crippen LogP contribution < -0.4 is 5.32 Å². The molecule has 0 spiro atoms. The number of hydrogen-bond donors (Lipinski definition) is 3. The van der Waals surface area contributed by atoms with E-state index in [-0.39, 0.29) is 12.5 Å². The first-order valence-electron chi connectivity index (χ1n) is 35.2. The number of nitrogens with one attached hydrogen (secondary N) is 1. The summed E-state index contributed by atoms with van der Waals surface area (Å²) >= 11 is 0. The van der Waals surface area contributed by atoms with Crippen molar-refractivity contribution in [3.05, 3.63) is 36.5 Å². The SMILES string of the molecule is CCCCCCCCCC/C=C\CCCCCCCCCCCCCCCCCCCCCCCC(=O)NC(CO)C(O)/C=C/CC/C=C/CCCCCCCCCCCCCCCCCCCCCCCCCCC. The second-order valence-electron chi connectivity index (χ2n) is 24.3. The summed E-state index contributed by atoms with van der Waals surface area (Å²) in [5.41, 5.74) is 0. The van der Waals surface area contributed by atoms with Gasteiger partial charge in [0.15, 0.2) is 0 Å². The van der Waals surface area contributed by atoms with Crippen LogP contribution in [0.5, 0.6) is 0 Å². The minimum atomic E-state index is -0.863. The fourth-order valence-electron chi connectivity index (χ4n) is 11.3. The van der Waals surface area contributed by atoms with Crippen LogP contribution in [-0.4, -0.2) is 34.9 Å². The number of unbranched alkanes of at least 4 members (excludes halogenated alkanes) is 55. The van der Waals surface area contributed by atoms with E-state index in [4.69, 9.17) is 0 Å². The molecule has 0 radical (unpaired) electrons. The molecule has 450 valence electrons. The van der Waals surface area contributed by atoms with E-state index < -0.39 is 12.1 Å². The van der Waals surface area contributed by atoms with Gasteiger partial charge in [0.1, 0.15) is 0 Å². The number of carbonyl (C=O) groups excluding carboxylic acids is 1. The van der Waals surface area contributed by atoms with Crippen molar-refractivity contribution in [3.63, 3.8) is 0 Å². The average molecular weight is 1070 g/mol. The Morgan fingerprint density at radius 3 is 0.763 bits per heavy atom. The van der Waals surface area contributed by atoms with E-state index in [1.165, 1.54) is 347 Å². The zero-order valence-electron chi connectivity index (χ0n) is 52.1. The molecular weight excluding hydrogens is 927 g/mol. The van der Waals surface area contributed by atoms with Crippen molar-refractivity contribution in [3.8, 4) is 0 Å². The van der Waals surface area contributed by atoms with Crippen LogP contribution in [0.25, 0.3) is 0 Å². The first-order chi connectivity index (χ1) is 37.7. The molecule has 0 aliphatic carbocycles. The zero-order valence-corrected chi connectivity index (χ0v) is 52.1. The Labute approximate surface area is 478 Å². The van der Waals surface area contributed by atoms with E-state index in [0.717, 1.165) is 32.1 Å². The average Bonchev–Trinajstić information content (AvgIpc) is 3.42. The summed E-state index contributed by atoms with van der Waals surface area (Å²) in [6, 6.07) is -0.639. The van der Waals surface area contributed by atoms with Gasteiger partial charge in [-0.05, 0) is 57.8 Å². The largest absolute Gasteiger partial charge is 0.394 e. The molecule has 0 aromatic carbocycles. The molecular formula is C72H139NO3. The molecule has 3 N–H and O–H groups in total. The molecule has 4 nitrogen and oxygen atoms in total. The molecule has 0 aromatic rings. The van der Waals surface area contributed by atoms with E-state index in [1.54, 1.807) is 6.08 Å². The van der Waals surface area contributed by atoms with Gasteiger partial charge in [-0.25, -0.2) is 0 Å². The van der Waals surface area contributed by atoms with E-state index in [1.807, 2.05) is 6.08 Å². The van der Waals surface area contributed by atoms with Crippen LogP contribution in [0, 0.1) is 0 Å². The lowest BCUT2D eigenvalue weighted by atomic mass is 10.0. The summed E-state index contributed by atoms with van der Waals surface area (Å²) in [5, 5.41) is 23.3. The van der Waals surface area contributed by atoms with Crippen LogP contribution in [0.15, 0.2) is 36.5 Å². The summed E-state index contributed by atoms with van der Waals surface area (Å²) in [4.78, 5) is 12.5. The van der Waals surface area contributed by atoms with Gasteiger partial charge in [-0.1, -0.05) is 371 Å².